The van der Waals surface area contributed by atoms with Crippen LogP contribution in [0.15, 0.2) is 59.4 Å². The van der Waals surface area contributed by atoms with Gasteiger partial charge in [-0.1, -0.05) is 42.5 Å². The Bertz CT molecular complexity index is 944. The summed E-state index contributed by atoms with van der Waals surface area (Å²) in [5, 5.41) is 6.16. The summed E-state index contributed by atoms with van der Waals surface area (Å²) in [5.74, 6) is -0.570. The van der Waals surface area contributed by atoms with E-state index in [1.807, 2.05) is 42.5 Å². The van der Waals surface area contributed by atoms with E-state index in [9.17, 15) is 9.59 Å². The first-order valence-electron chi connectivity index (χ1n) is 7.90. The lowest BCUT2D eigenvalue weighted by Crippen LogP contribution is -2.26. The number of fused-ring (bicyclic) bond motifs is 1. The van der Waals surface area contributed by atoms with Gasteiger partial charge >= 0.3 is 5.97 Å². The average molecular weight is 338 g/mol. The molecule has 2 aromatic carbocycles. The Morgan fingerprint density at radius 2 is 1.88 bits per heavy atom. The third kappa shape index (κ3) is 3.92. The Balaban J connectivity index is 1.75. The highest BCUT2D eigenvalue weighted by molar-refractivity contribution is 5.88. The maximum absolute atomic E-state index is 12.3. The minimum absolute atomic E-state index is 0.0935. The van der Waals surface area contributed by atoms with E-state index in [4.69, 9.17) is 9.47 Å². The van der Waals surface area contributed by atoms with Crippen LogP contribution in [0.1, 0.15) is 16.1 Å². The van der Waals surface area contributed by atoms with Crippen molar-refractivity contribution in [2.75, 3.05) is 13.7 Å². The molecule has 0 aliphatic rings. The molecule has 0 fully saturated rings. The van der Waals surface area contributed by atoms with Crippen molar-refractivity contribution >= 4 is 16.7 Å². The van der Waals surface area contributed by atoms with Crippen molar-refractivity contribution in [3.05, 3.63) is 76.2 Å². The summed E-state index contributed by atoms with van der Waals surface area (Å²) in [4.78, 5) is 24.0. The van der Waals surface area contributed by atoms with E-state index in [0.29, 0.717) is 6.61 Å². The van der Waals surface area contributed by atoms with Crippen molar-refractivity contribution in [1.29, 1.82) is 0 Å². The van der Waals surface area contributed by atoms with Gasteiger partial charge in [0, 0.05) is 13.2 Å². The fourth-order valence-electron chi connectivity index (χ4n) is 2.53. The molecule has 0 aliphatic carbocycles. The van der Waals surface area contributed by atoms with Crippen LogP contribution in [0.2, 0.25) is 0 Å². The molecule has 1 aromatic heterocycles. The largest absolute Gasteiger partial charge is 0.456 e. The molecule has 0 bridgehead atoms. The SMILES string of the molecule is COCCn1nc(C(=O)OCc2cccc3ccccc23)ccc1=O. The van der Waals surface area contributed by atoms with Gasteiger partial charge in [0.1, 0.15) is 6.61 Å². The fraction of sp³-hybridized carbons (Fsp3) is 0.211. The summed E-state index contributed by atoms with van der Waals surface area (Å²) < 4.78 is 11.5. The lowest BCUT2D eigenvalue weighted by molar-refractivity contribution is 0.0463. The molecule has 128 valence electrons. The van der Waals surface area contributed by atoms with E-state index in [2.05, 4.69) is 5.10 Å². The van der Waals surface area contributed by atoms with Crippen LogP contribution in [0.3, 0.4) is 0 Å². The summed E-state index contributed by atoms with van der Waals surface area (Å²) in [7, 11) is 1.54. The standard InChI is InChI=1S/C19H18N2O4/c1-24-12-11-21-18(22)10-9-17(20-21)19(23)25-13-15-7-4-6-14-5-2-3-8-16(14)15/h2-10H,11-13H2,1H3. The normalized spacial score (nSPS) is 10.8. The maximum Gasteiger partial charge on any atom is 0.359 e. The zero-order valence-corrected chi connectivity index (χ0v) is 13.8. The van der Waals surface area contributed by atoms with Crippen molar-refractivity contribution in [3.8, 4) is 0 Å². The van der Waals surface area contributed by atoms with E-state index in [0.717, 1.165) is 16.3 Å². The zero-order valence-electron chi connectivity index (χ0n) is 13.8. The van der Waals surface area contributed by atoms with Gasteiger partial charge in [-0.05, 0) is 22.4 Å². The Kier molecular flexibility index (Phi) is 5.20. The van der Waals surface area contributed by atoms with Gasteiger partial charge in [0.2, 0.25) is 0 Å². The number of nitrogens with zero attached hydrogens (tertiary/aromatic N) is 2. The van der Waals surface area contributed by atoms with E-state index in [-0.39, 0.29) is 24.4 Å². The highest BCUT2D eigenvalue weighted by atomic mass is 16.5. The summed E-state index contributed by atoms with van der Waals surface area (Å²) in [6.07, 6.45) is 0. The van der Waals surface area contributed by atoms with Crippen molar-refractivity contribution in [1.82, 2.24) is 9.78 Å². The Hall–Kier alpha value is -2.99. The van der Waals surface area contributed by atoms with Crippen LogP contribution in [-0.4, -0.2) is 29.5 Å². The third-order valence-electron chi connectivity index (χ3n) is 3.82. The second-order valence-electron chi connectivity index (χ2n) is 5.49. The zero-order chi connectivity index (χ0) is 17.6. The molecule has 3 rings (SSSR count). The molecule has 0 unspecified atom stereocenters. The Morgan fingerprint density at radius 3 is 2.72 bits per heavy atom. The number of ether oxygens (including phenoxy) is 2. The number of rotatable bonds is 6. The van der Waals surface area contributed by atoms with Crippen LogP contribution in [0, 0.1) is 0 Å². The molecule has 6 heteroatoms. The minimum atomic E-state index is -0.570. The van der Waals surface area contributed by atoms with Gasteiger partial charge in [-0.25, -0.2) is 9.48 Å². The van der Waals surface area contributed by atoms with Gasteiger partial charge in [-0.3, -0.25) is 4.79 Å². The second-order valence-corrected chi connectivity index (χ2v) is 5.49. The summed E-state index contributed by atoms with van der Waals surface area (Å²) in [5.41, 5.74) is 0.720. The smallest absolute Gasteiger partial charge is 0.359 e. The molecule has 0 N–H and O–H groups in total. The van der Waals surface area contributed by atoms with Crippen LogP contribution < -0.4 is 5.56 Å². The van der Waals surface area contributed by atoms with Crippen molar-refractivity contribution in [2.24, 2.45) is 0 Å². The quantitative estimate of drug-likeness (QED) is 0.646. The molecular formula is C19H18N2O4. The number of esters is 1. The predicted octanol–water partition coefficient (Wildman–Crippen LogP) is 2.40. The molecule has 0 saturated carbocycles. The number of carbonyl (C=O) groups is 1. The molecule has 1 heterocycles. The molecule has 0 saturated heterocycles. The van der Waals surface area contributed by atoms with Gasteiger partial charge in [-0.2, -0.15) is 5.10 Å². The molecule has 0 spiro atoms. The number of hydrogen-bond acceptors (Lipinski definition) is 5. The van der Waals surface area contributed by atoms with E-state index < -0.39 is 5.97 Å². The van der Waals surface area contributed by atoms with E-state index in [1.54, 1.807) is 0 Å². The van der Waals surface area contributed by atoms with Crippen molar-refractivity contribution in [3.63, 3.8) is 0 Å². The van der Waals surface area contributed by atoms with Gasteiger partial charge in [0.15, 0.2) is 5.69 Å². The van der Waals surface area contributed by atoms with Crippen LogP contribution in [0.5, 0.6) is 0 Å². The molecule has 0 atom stereocenters. The third-order valence-corrected chi connectivity index (χ3v) is 3.82. The predicted molar refractivity (Wildman–Crippen MR) is 93.4 cm³/mol. The lowest BCUT2D eigenvalue weighted by Gasteiger charge is -2.09. The number of hydrogen-bond donors (Lipinski definition) is 0. The Labute approximate surface area is 144 Å². The van der Waals surface area contributed by atoms with Gasteiger partial charge in [-0.15, -0.1) is 0 Å². The summed E-state index contributed by atoms with van der Waals surface area (Å²) in [6.45, 7) is 0.750. The highest BCUT2D eigenvalue weighted by Crippen LogP contribution is 2.19. The maximum atomic E-state index is 12.3. The summed E-state index contributed by atoms with van der Waals surface area (Å²) >= 11 is 0. The first kappa shape index (κ1) is 16.9. The monoisotopic (exact) mass is 338 g/mol. The Morgan fingerprint density at radius 1 is 1.08 bits per heavy atom. The summed E-state index contributed by atoms with van der Waals surface area (Å²) in [6, 6.07) is 16.4. The van der Waals surface area contributed by atoms with Gasteiger partial charge < -0.3 is 9.47 Å². The average Bonchev–Trinajstić information content (AvgIpc) is 2.65. The number of benzene rings is 2. The molecule has 0 aliphatic heterocycles. The second kappa shape index (κ2) is 7.72. The molecule has 3 aromatic rings. The van der Waals surface area contributed by atoms with Gasteiger partial charge in [0.05, 0.1) is 13.2 Å². The first-order chi connectivity index (χ1) is 12.2. The topological polar surface area (TPSA) is 70.4 Å². The van der Waals surface area contributed by atoms with Crippen LogP contribution in [0.4, 0.5) is 0 Å². The minimum Gasteiger partial charge on any atom is -0.456 e. The van der Waals surface area contributed by atoms with Crippen LogP contribution in [0.25, 0.3) is 10.8 Å². The van der Waals surface area contributed by atoms with Crippen molar-refractivity contribution < 1.29 is 14.3 Å². The van der Waals surface area contributed by atoms with E-state index in [1.165, 1.54) is 23.9 Å². The number of aromatic nitrogens is 2. The highest BCUT2D eigenvalue weighted by Gasteiger charge is 2.12. The fourth-order valence-corrected chi connectivity index (χ4v) is 2.53. The molecule has 6 nitrogen and oxygen atoms in total. The molecule has 0 radical (unpaired) electrons. The van der Waals surface area contributed by atoms with Crippen LogP contribution >= 0.6 is 0 Å². The molecular weight excluding hydrogens is 320 g/mol. The number of carbonyl (C=O) groups excluding carboxylic acids is 1. The lowest BCUT2D eigenvalue weighted by atomic mass is 10.1. The number of methoxy groups -OCH3 is 1. The van der Waals surface area contributed by atoms with E-state index >= 15 is 0 Å². The van der Waals surface area contributed by atoms with Crippen molar-refractivity contribution in [2.45, 2.75) is 13.2 Å². The van der Waals surface area contributed by atoms with Crippen LogP contribution in [-0.2, 0) is 22.6 Å². The first-order valence-corrected chi connectivity index (χ1v) is 7.90. The molecule has 0 amide bonds. The molecule has 25 heavy (non-hydrogen) atoms. The van der Waals surface area contributed by atoms with Gasteiger partial charge in [0.25, 0.3) is 5.56 Å².